The molecule has 3 aromatic rings. The second kappa shape index (κ2) is 18.8. The van der Waals surface area contributed by atoms with E-state index in [-0.39, 0.29) is 12.2 Å². The standard InChI is InChI=1S/C35H43F3N2O5/c1-3-5-7-9-10-12-21-43-30-19-17-26(18-20-30)29-24-39-33(40-25-29)27-13-15-28(16-14-27)34(42)45-31(35(36,37)38)23-32(41)44-22-11-8-6-4-2/h13-20,24-25,31H,3-12,21-23H2,1-2H3. The Morgan fingerprint density at radius 2 is 1.27 bits per heavy atom. The van der Waals surface area contributed by atoms with Crippen LogP contribution in [0.4, 0.5) is 13.2 Å². The lowest BCUT2D eigenvalue weighted by molar-refractivity contribution is -0.210. The quantitative estimate of drug-likeness (QED) is 0.0966. The third-order valence-corrected chi connectivity index (χ3v) is 7.21. The van der Waals surface area contributed by atoms with Gasteiger partial charge in [-0.3, -0.25) is 4.79 Å². The molecule has 1 unspecified atom stereocenters. The minimum Gasteiger partial charge on any atom is -0.494 e. The molecule has 0 N–H and O–H groups in total. The van der Waals surface area contributed by atoms with E-state index in [1.807, 2.05) is 31.2 Å². The van der Waals surface area contributed by atoms with Gasteiger partial charge >= 0.3 is 18.1 Å². The maximum Gasteiger partial charge on any atom is 0.426 e. The van der Waals surface area contributed by atoms with Crippen LogP contribution in [-0.2, 0) is 14.3 Å². The number of ether oxygens (including phenoxy) is 3. The molecule has 1 aromatic heterocycles. The van der Waals surface area contributed by atoms with Crippen molar-refractivity contribution in [3.8, 4) is 28.3 Å². The van der Waals surface area contributed by atoms with Crippen LogP contribution in [-0.4, -0.2) is 47.4 Å². The number of alkyl halides is 3. The summed E-state index contributed by atoms with van der Waals surface area (Å²) in [4.78, 5) is 33.2. The van der Waals surface area contributed by atoms with E-state index in [2.05, 4.69) is 21.6 Å². The lowest BCUT2D eigenvalue weighted by atomic mass is 10.1. The fourth-order valence-electron chi connectivity index (χ4n) is 4.54. The highest BCUT2D eigenvalue weighted by Gasteiger charge is 2.44. The second-order valence-electron chi connectivity index (χ2n) is 10.9. The van der Waals surface area contributed by atoms with Crippen molar-refractivity contribution in [2.24, 2.45) is 0 Å². The van der Waals surface area contributed by atoms with Crippen molar-refractivity contribution in [2.45, 2.75) is 96.8 Å². The molecule has 0 spiro atoms. The third kappa shape index (κ3) is 12.5. The molecule has 0 fully saturated rings. The third-order valence-electron chi connectivity index (χ3n) is 7.21. The van der Waals surface area contributed by atoms with Gasteiger partial charge in [-0.25, -0.2) is 14.8 Å². The van der Waals surface area contributed by atoms with Crippen LogP contribution >= 0.6 is 0 Å². The lowest BCUT2D eigenvalue weighted by Gasteiger charge is -2.20. The molecule has 3 rings (SSSR count). The Hall–Kier alpha value is -3.95. The lowest BCUT2D eigenvalue weighted by Crippen LogP contribution is -2.36. The van der Waals surface area contributed by atoms with Crippen LogP contribution in [0.15, 0.2) is 60.9 Å². The van der Waals surface area contributed by atoms with Crippen molar-refractivity contribution in [1.29, 1.82) is 0 Å². The van der Waals surface area contributed by atoms with E-state index in [1.54, 1.807) is 12.4 Å². The number of carbonyl (C=O) groups excluding carboxylic acids is 2. The first-order chi connectivity index (χ1) is 21.7. The summed E-state index contributed by atoms with van der Waals surface area (Å²) in [5.41, 5.74) is 2.19. The number of unbranched alkanes of at least 4 members (excludes halogenated alkanes) is 8. The Morgan fingerprint density at radius 1 is 0.711 bits per heavy atom. The van der Waals surface area contributed by atoms with E-state index < -0.39 is 30.6 Å². The fourth-order valence-corrected chi connectivity index (χ4v) is 4.54. The van der Waals surface area contributed by atoms with E-state index in [1.165, 1.54) is 56.4 Å². The summed E-state index contributed by atoms with van der Waals surface area (Å²) in [5.74, 6) is -1.07. The molecule has 0 amide bonds. The van der Waals surface area contributed by atoms with Crippen molar-refractivity contribution in [3.63, 3.8) is 0 Å². The molecule has 0 aliphatic carbocycles. The highest BCUT2D eigenvalue weighted by molar-refractivity contribution is 5.90. The zero-order chi connectivity index (χ0) is 32.5. The van der Waals surface area contributed by atoms with Crippen LogP contribution in [0.3, 0.4) is 0 Å². The Balaban J connectivity index is 1.52. The maximum atomic E-state index is 13.5. The largest absolute Gasteiger partial charge is 0.494 e. The zero-order valence-corrected chi connectivity index (χ0v) is 26.1. The minimum absolute atomic E-state index is 0.0302. The molecule has 0 saturated heterocycles. The number of aromatic nitrogens is 2. The zero-order valence-electron chi connectivity index (χ0n) is 26.1. The van der Waals surface area contributed by atoms with Gasteiger partial charge in [0.15, 0.2) is 5.82 Å². The van der Waals surface area contributed by atoms with Gasteiger partial charge in [0.25, 0.3) is 0 Å². The number of nitrogens with zero attached hydrogens (tertiary/aromatic N) is 2. The average Bonchev–Trinajstić information content (AvgIpc) is 3.04. The van der Waals surface area contributed by atoms with E-state index >= 15 is 0 Å². The molecule has 7 nitrogen and oxygen atoms in total. The number of hydrogen-bond donors (Lipinski definition) is 0. The van der Waals surface area contributed by atoms with Crippen molar-refractivity contribution in [2.75, 3.05) is 13.2 Å². The molecule has 2 aromatic carbocycles. The monoisotopic (exact) mass is 628 g/mol. The highest BCUT2D eigenvalue weighted by atomic mass is 19.4. The van der Waals surface area contributed by atoms with E-state index in [9.17, 15) is 22.8 Å². The van der Waals surface area contributed by atoms with Crippen LogP contribution in [0.5, 0.6) is 5.75 Å². The van der Waals surface area contributed by atoms with Gasteiger partial charge < -0.3 is 14.2 Å². The molecule has 0 saturated carbocycles. The average molecular weight is 629 g/mol. The van der Waals surface area contributed by atoms with Gasteiger partial charge in [0.1, 0.15) is 5.75 Å². The first kappa shape index (κ1) is 35.5. The van der Waals surface area contributed by atoms with Gasteiger partial charge in [-0.05, 0) is 42.7 Å². The fraction of sp³-hybridized carbons (Fsp3) is 0.486. The molecule has 45 heavy (non-hydrogen) atoms. The van der Waals surface area contributed by atoms with Crippen molar-refractivity contribution < 1.29 is 37.0 Å². The maximum absolute atomic E-state index is 13.5. The molecular weight excluding hydrogens is 585 g/mol. The predicted molar refractivity (Wildman–Crippen MR) is 167 cm³/mol. The molecule has 1 heterocycles. The van der Waals surface area contributed by atoms with Crippen LogP contribution in [0.25, 0.3) is 22.5 Å². The van der Waals surface area contributed by atoms with Gasteiger partial charge in [-0.2, -0.15) is 13.2 Å². The summed E-state index contributed by atoms with van der Waals surface area (Å²) in [6, 6.07) is 13.4. The second-order valence-corrected chi connectivity index (χ2v) is 10.9. The summed E-state index contributed by atoms with van der Waals surface area (Å²) in [5, 5.41) is 0. The molecule has 244 valence electrons. The number of carbonyl (C=O) groups is 2. The normalized spacial score (nSPS) is 12.0. The Morgan fingerprint density at radius 3 is 1.89 bits per heavy atom. The summed E-state index contributed by atoms with van der Waals surface area (Å²) in [6.07, 6.45) is 5.26. The summed E-state index contributed by atoms with van der Waals surface area (Å²) < 4.78 is 55.9. The molecular formula is C35H43F3N2O5. The van der Waals surface area contributed by atoms with Gasteiger partial charge in [0.05, 0.1) is 25.2 Å². The summed E-state index contributed by atoms with van der Waals surface area (Å²) in [7, 11) is 0. The highest BCUT2D eigenvalue weighted by Crippen LogP contribution is 2.28. The Kier molecular flexibility index (Phi) is 14.8. The number of esters is 2. The molecule has 10 heteroatoms. The number of halogens is 3. The van der Waals surface area contributed by atoms with Crippen LogP contribution < -0.4 is 4.74 Å². The predicted octanol–water partition coefficient (Wildman–Crippen LogP) is 9.15. The van der Waals surface area contributed by atoms with E-state index in [0.717, 1.165) is 42.6 Å². The minimum atomic E-state index is -4.92. The van der Waals surface area contributed by atoms with Crippen molar-refractivity contribution >= 4 is 11.9 Å². The number of benzene rings is 2. The summed E-state index contributed by atoms with van der Waals surface area (Å²) >= 11 is 0. The van der Waals surface area contributed by atoms with Gasteiger partial charge in [0.2, 0.25) is 6.10 Å². The summed E-state index contributed by atoms with van der Waals surface area (Å²) in [6.45, 7) is 4.94. The van der Waals surface area contributed by atoms with Gasteiger partial charge in [-0.1, -0.05) is 89.5 Å². The van der Waals surface area contributed by atoms with Gasteiger partial charge in [0, 0.05) is 23.5 Å². The topological polar surface area (TPSA) is 87.6 Å². The number of hydrogen-bond acceptors (Lipinski definition) is 7. The van der Waals surface area contributed by atoms with Crippen LogP contribution in [0.1, 0.15) is 94.8 Å². The van der Waals surface area contributed by atoms with Gasteiger partial charge in [-0.15, -0.1) is 0 Å². The SMILES string of the molecule is CCCCCCCCOc1ccc(-c2cnc(-c3ccc(C(=O)OC(CC(=O)OCCCCCC)C(F)(F)F)cc3)nc2)cc1. The van der Waals surface area contributed by atoms with E-state index in [0.29, 0.717) is 24.4 Å². The first-order valence-corrected chi connectivity index (χ1v) is 15.8. The Bertz CT molecular complexity index is 1300. The molecule has 0 aliphatic heterocycles. The van der Waals surface area contributed by atoms with E-state index in [4.69, 9.17) is 9.47 Å². The molecule has 1 atom stereocenters. The molecule has 0 bridgehead atoms. The smallest absolute Gasteiger partial charge is 0.426 e. The van der Waals surface area contributed by atoms with Crippen LogP contribution in [0.2, 0.25) is 0 Å². The van der Waals surface area contributed by atoms with Crippen LogP contribution in [0, 0.1) is 0 Å². The molecule has 0 radical (unpaired) electrons. The Labute approximate surface area is 263 Å². The van der Waals surface area contributed by atoms with Crippen molar-refractivity contribution in [3.05, 3.63) is 66.5 Å². The first-order valence-electron chi connectivity index (χ1n) is 15.8. The molecule has 0 aliphatic rings. The number of rotatable bonds is 19. The van der Waals surface area contributed by atoms with Crippen molar-refractivity contribution in [1.82, 2.24) is 9.97 Å².